The van der Waals surface area contributed by atoms with Gasteiger partial charge < -0.3 is 20.6 Å². The Labute approximate surface area is 147 Å². The molecule has 6 nitrogen and oxygen atoms in total. The number of aromatic nitrogens is 2. The second-order valence-electron chi connectivity index (χ2n) is 5.33. The van der Waals surface area contributed by atoms with Crippen LogP contribution < -0.4 is 10.6 Å². The van der Waals surface area contributed by atoms with Gasteiger partial charge in [0.25, 0.3) is 11.8 Å². The smallest absolute Gasteiger partial charge is 0.253 e. The van der Waals surface area contributed by atoms with Crippen molar-refractivity contribution in [2.75, 3.05) is 13.1 Å². The molecule has 0 fully saturated rings. The molecule has 1 heterocycles. The van der Waals surface area contributed by atoms with Crippen LogP contribution in [-0.2, 0) is 0 Å². The van der Waals surface area contributed by atoms with Crippen molar-refractivity contribution in [3.8, 4) is 0 Å². The number of carbonyl (C=O) groups is 2. The fraction of sp³-hybridized carbons (Fsp3) is 0.118. The number of fused-ring (bicyclic) bond motifs is 1. The van der Waals surface area contributed by atoms with Crippen LogP contribution in [0.2, 0.25) is 0 Å². The number of halogens is 1. The summed E-state index contributed by atoms with van der Waals surface area (Å²) in [5, 5.41) is 5.35. The van der Waals surface area contributed by atoms with E-state index in [2.05, 4.69) is 20.6 Å². The first-order valence-corrected chi connectivity index (χ1v) is 7.98. The normalized spacial score (nSPS) is 10.6. The minimum absolute atomic E-state index is 0.150. The summed E-state index contributed by atoms with van der Waals surface area (Å²) in [6, 6.07) is 11.2. The number of hydrogen-bond donors (Lipinski definition) is 4. The molecule has 4 N–H and O–H groups in total. The second kappa shape index (κ2) is 7.27. The molecule has 0 bridgehead atoms. The van der Waals surface area contributed by atoms with Crippen molar-refractivity contribution in [2.45, 2.75) is 0 Å². The van der Waals surface area contributed by atoms with Gasteiger partial charge in [-0.15, -0.1) is 0 Å². The quantitative estimate of drug-likeness (QED) is 0.417. The Morgan fingerprint density at radius 3 is 2.40 bits per heavy atom. The molecule has 0 aliphatic carbocycles. The zero-order valence-electron chi connectivity index (χ0n) is 13.1. The topological polar surface area (TPSA) is 89.8 Å². The van der Waals surface area contributed by atoms with Gasteiger partial charge in [-0.25, -0.2) is 4.39 Å². The number of benzene rings is 2. The van der Waals surface area contributed by atoms with E-state index in [0.717, 1.165) is 6.07 Å². The number of carbonyl (C=O) groups excluding carboxylic acids is 2. The van der Waals surface area contributed by atoms with Gasteiger partial charge in [-0.05, 0) is 36.5 Å². The first-order valence-electron chi connectivity index (χ1n) is 7.57. The van der Waals surface area contributed by atoms with Gasteiger partial charge >= 0.3 is 0 Å². The highest BCUT2D eigenvalue weighted by Crippen LogP contribution is 2.17. The van der Waals surface area contributed by atoms with E-state index in [9.17, 15) is 14.0 Å². The van der Waals surface area contributed by atoms with E-state index in [0.29, 0.717) is 21.4 Å². The van der Waals surface area contributed by atoms with E-state index < -0.39 is 11.7 Å². The van der Waals surface area contributed by atoms with E-state index in [1.165, 1.54) is 6.07 Å². The van der Waals surface area contributed by atoms with Crippen molar-refractivity contribution in [2.24, 2.45) is 0 Å². The molecule has 0 radical (unpaired) electrons. The molecule has 128 valence electrons. The Morgan fingerprint density at radius 2 is 1.68 bits per heavy atom. The Kier molecular flexibility index (Phi) is 4.90. The number of hydrogen-bond acceptors (Lipinski definition) is 3. The molecule has 0 aliphatic rings. The maximum absolute atomic E-state index is 13.6. The second-order valence-corrected chi connectivity index (χ2v) is 5.74. The summed E-state index contributed by atoms with van der Waals surface area (Å²) >= 11 is 4.97. The highest BCUT2D eigenvalue weighted by atomic mass is 32.1. The van der Waals surface area contributed by atoms with Gasteiger partial charge in [0.2, 0.25) is 0 Å². The van der Waals surface area contributed by atoms with Crippen LogP contribution in [0.3, 0.4) is 0 Å². The molecule has 2 aromatic carbocycles. The third kappa shape index (κ3) is 3.92. The molecular formula is C17H15FN4O2S. The van der Waals surface area contributed by atoms with Crippen LogP contribution >= 0.6 is 12.2 Å². The van der Waals surface area contributed by atoms with Crippen LogP contribution in [0.25, 0.3) is 11.0 Å². The number of aromatic amines is 2. The summed E-state index contributed by atoms with van der Waals surface area (Å²) in [6.07, 6.45) is 0. The molecule has 0 atom stereocenters. The van der Waals surface area contributed by atoms with Crippen molar-refractivity contribution < 1.29 is 14.0 Å². The molecule has 2 amide bonds. The Morgan fingerprint density at radius 1 is 1.00 bits per heavy atom. The van der Waals surface area contributed by atoms with Gasteiger partial charge in [0.05, 0.1) is 16.6 Å². The lowest BCUT2D eigenvalue weighted by molar-refractivity contribution is 0.0928. The van der Waals surface area contributed by atoms with Gasteiger partial charge in [0, 0.05) is 18.7 Å². The molecule has 1 aromatic heterocycles. The molecule has 0 unspecified atom stereocenters. The van der Waals surface area contributed by atoms with E-state index in [1.807, 2.05) is 6.07 Å². The van der Waals surface area contributed by atoms with Crippen molar-refractivity contribution in [3.05, 3.63) is 64.2 Å². The first kappa shape index (κ1) is 16.8. The monoisotopic (exact) mass is 358 g/mol. The van der Waals surface area contributed by atoms with Gasteiger partial charge in [-0.3, -0.25) is 9.59 Å². The molecule has 0 spiro atoms. The number of nitrogens with one attached hydrogen (secondary N) is 4. The van der Waals surface area contributed by atoms with Gasteiger partial charge in [-0.2, -0.15) is 0 Å². The minimum Gasteiger partial charge on any atom is -0.350 e. The lowest BCUT2D eigenvalue weighted by Crippen LogP contribution is -2.34. The van der Waals surface area contributed by atoms with Crippen molar-refractivity contribution >= 4 is 35.1 Å². The predicted molar refractivity (Wildman–Crippen MR) is 94.5 cm³/mol. The number of amides is 2. The summed E-state index contributed by atoms with van der Waals surface area (Å²) in [6.45, 7) is 0.460. The fourth-order valence-corrected chi connectivity index (χ4v) is 2.64. The SMILES string of the molecule is O=C(NCCNC(=O)c1cc(F)cc2[nH]c(=S)[nH]c12)c1ccccc1. The van der Waals surface area contributed by atoms with Crippen LogP contribution in [0.5, 0.6) is 0 Å². The Hall–Kier alpha value is -3.00. The first-order chi connectivity index (χ1) is 12.0. The highest BCUT2D eigenvalue weighted by molar-refractivity contribution is 7.71. The molecule has 3 rings (SSSR count). The van der Waals surface area contributed by atoms with E-state index in [-0.39, 0.29) is 24.6 Å². The summed E-state index contributed by atoms with van der Waals surface area (Å²) in [5.41, 5.74) is 1.56. The number of H-pyrrole nitrogens is 2. The van der Waals surface area contributed by atoms with Crippen molar-refractivity contribution in [3.63, 3.8) is 0 Å². The maximum Gasteiger partial charge on any atom is 0.253 e. The van der Waals surface area contributed by atoms with Crippen molar-refractivity contribution in [1.29, 1.82) is 0 Å². The zero-order chi connectivity index (χ0) is 17.8. The molecule has 3 aromatic rings. The summed E-state index contributed by atoms with van der Waals surface area (Å²) < 4.78 is 14.0. The van der Waals surface area contributed by atoms with Crippen molar-refractivity contribution in [1.82, 2.24) is 20.6 Å². The number of rotatable bonds is 5. The van der Waals surface area contributed by atoms with Gasteiger partial charge in [0.15, 0.2) is 4.77 Å². The maximum atomic E-state index is 13.6. The molecule has 0 saturated heterocycles. The average Bonchev–Trinajstić information content (AvgIpc) is 2.98. The summed E-state index contributed by atoms with van der Waals surface area (Å²) in [4.78, 5) is 29.8. The van der Waals surface area contributed by atoms with Crippen LogP contribution in [0.1, 0.15) is 20.7 Å². The Balaban J connectivity index is 1.60. The third-order valence-corrected chi connectivity index (χ3v) is 3.77. The largest absolute Gasteiger partial charge is 0.350 e. The average molecular weight is 358 g/mol. The molecule has 0 aliphatic heterocycles. The van der Waals surface area contributed by atoms with Crippen LogP contribution in [0, 0.1) is 10.6 Å². The molecular weight excluding hydrogens is 343 g/mol. The van der Waals surface area contributed by atoms with Gasteiger partial charge in [0.1, 0.15) is 5.82 Å². The lowest BCUT2D eigenvalue weighted by atomic mass is 10.1. The third-order valence-electron chi connectivity index (χ3n) is 3.57. The number of imidazole rings is 1. The predicted octanol–water partition coefficient (Wildman–Crippen LogP) is 2.52. The zero-order valence-corrected chi connectivity index (χ0v) is 13.9. The minimum atomic E-state index is -0.541. The van der Waals surface area contributed by atoms with Crippen LogP contribution in [0.15, 0.2) is 42.5 Å². The van der Waals surface area contributed by atoms with E-state index in [1.54, 1.807) is 24.3 Å². The molecule has 8 heteroatoms. The highest BCUT2D eigenvalue weighted by Gasteiger charge is 2.14. The van der Waals surface area contributed by atoms with E-state index >= 15 is 0 Å². The Bertz CT molecular complexity index is 981. The van der Waals surface area contributed by atoms with Crippen LogP contribution in [-0.4, -0.2) is 34.9 Å². The van der Waals surface area contributed by atoms with E-state index in [4.69, 9.17) is 12.2 Å². The fourth-order valence-electron chi connectivity index (χ4n) is 2.43. The summed E-state index contributed by atoms with van der Waals surface area (Å²) in [5.74, 6) is -1.22. The molecule has 25 heavy (non-hydrogen) atoms. The standard InChI is InChI=1S/C17H15FN4O2S/c18-11-8-12(14-13(9-11)21-17(25)22-14)16(24)20-7-6-19-15(23)10-4-2-1-3-5-10/h1-5,8-9H,6-7H2,(H,19,23)(H,20,24)(H2,21,22,25). The summed E-state index contributed by atoms with van der Waals surface area (Å²) in [7, 11) is 0. The van der Waals surface area contributed by atoms with Crippen LogP contribution in [0.4, 0.5) is 4.39 Å². The molecule has 0 saturated carbocycles. The lowest BCUT2D eigenvalue weighted by Gasteiger charge is -2.08. The van der Waals surface area contributed by atoms with Gasteiger partial charge in [-0.1, -0.05) is 18.2 Å².